The lowest BCUT2D eigenvalue weighted by Gasteiger charge is -2.06. The lowest BCUT2D eigenvalue weighted by molar-refractivity contribution is -0.141. The van der Waals surface area contributed by atoms with E-state index in [0.29, 0.717) is 0 Å². The third-order valence-electron chi connectivity index (χ3n) is 1.35. The molecule has 0 aliphatic carbocycles. The lowest BCUT2D eigenvalue weighted by Crippen LogP contribution is -2.27. The first kappa shape index (κ1) is 14.2. The maximum absolute atomic E-state index is 11.3. The van der Waals surface area contributed by atoms with Gasteiger partial charge in [0.05, 0.1) is 19.3 Å². The molecule has 0 aromatic carbocycles. The van der Waals surface area contributed by atoms with Gasteiger partial charge in [-0.05, 0) is 13.8 Å². The van der Waals surface area contributed by atoms with Crippen LogP contribution in [0.15, 0.2) is 11.8 Å². The van der Waals surface area contributed by atoms with Crippen molar-refractivity contribution in [2.75, 3.05) is 13.2 Å². The van der Waals surface area contributed by atoms with Crippen LogP contribution in [-0.2, 0) is 23.9 Å². The van der Waals surface area contributed by atoms with Gasteiger partial charge >= 0.3 is 11.9 Å². The topological polar surface area (TPSA) is 81.7 Å². The van der Waals surface area contributed by atoms with Crippen molar-refractivity contribution in [3.05, 3.63) is 11.8 Å². The maximum Gasteiger partial charge on any atom is 0.355 e. The zero-order valence-electron chi connectivity index (χ0n) is 9.53. The number of esters is 2. The number of hydrogen-bond donors (Lipinski definition) is 1. The Morgan fingerprint density at radius 2 is 1.69 bits per heavy atom. The Balaban J connectivity index is 4.71. The van der Waals surface area contributed by atoms with Crippen molar-refractivity contribution in [1.29, 1.82) is 0 Å². The first-order chi connectivity index (χ1) is 7.51. The van der Waals surface area contributed by atoms with Gasteiger partial charge in [0.1, 0.15) is 5.70 Å². The highest BCUT2D eigenvalue weighted by Crippen LogP contribution is 1.96. The van der Waals surface area contributed by atoms with Gasteiger partial charge in [-0.3, -0.25) is 4.79 Å². The average Bonchev–Trinajstić information content (AvgIpc) is 2.16. The van der Waals surface area contributed by atoms with E-state index in [2.05, 4.69) is 14.8 Å². The van der Waals surface area contributed by atoms with Crippen LogP contribution in [-0.4, -0.2) is 31.1 Å². The highest BCUT2D eigenvalue weighted by atomic mass is 16.5. The number of ether oxygens (including phenoxy) is 2. The summed E-state index contributed by atoms with van der Waals surface area (Å²) in [4.78, 5) is 33.2. The van der Waals surface area contributed by atoms with Crippen molar-refractivity contribution in [3.63, 3.8) is 0 Å². The SMILES string of the molecule is CCOC(=O)/C=C(/NC(C)=O)C(=O)OCC. The molecule has 0 aromatic rings. The van der Waals surface area contributed by atoms with Crippen LogP contribution in [0.2, 0.25) is 0 Å². The standard InChI is InChI=1S/C10H15NO5/c1-4-15-9(13)6-8(11-7(3)12)10(14)16-5-2/h6H,4-5H2,1-3H3,(H,11,12)/b8-6+. The van der Waals surface area contributed by atoms with Gasteiger partial charge < -0.3 is 14.8 Å². The molecule has 0 saturated heterocycles. The van der Waals surface area contributed by atoms with Gasteiger partial charge in [-0.15, -0.1) is 0 Å². The van der Waals surface area contributed by atoms with Crippen molar-refractivity contribution in [3.8, 4) is 0 Å². The van der Waals surface area contributed by atoms with Crippen molar-refractivity contribution in [2.24, 2.45) is 0 Å². The number of nitrogens with one attached hydrogen (secondary N) is 1. The Morgan fingerprint density at radius 1 is 1.12 bits per heavy atom. The van der Waals surface area contributed by atoms with E-state index in [9.17, 15) is 14.4 Å². The summed E-state index contributed by atoms with van der Waals surface area (Å²) >= 11 is 0. The van der Waals surface area contributed by atoms with E-state index >= 15 is 0 Å². The monoisotopic (exact) mass is 229 g/mol. The second kappa shape index (κ2) is 7.44. The van der Waals surface area contributed by atoms with Crippen LogP contribution in [0, 0.1) is 0 Å². The zero-order chi connectivity index (χ0) is 12.6. The minimum absolute atomic E-state index is 0.151. The molecule has 0 rings (SSSR count). The number of rotatable bonds is 5. The van der Waals surface area contributed by atoms with Gasteiger partial charge in [0, 0.05) is 6.92 Å². The normalized spacial score (nSPS) is 10.6. The minimum Gasteiger partial charge on any atom is -0.463 e. The van der Waals surface area contributed by atoms with Gasteiger partial charge in [-0.1, -0.05) is 0 Å². The predicted octanol–water partition coefficient (Wildman–Crippen LogP) is 0.133. The molecule has 0 heterocycles. The Kier molecular flexibility index (Phi) is 6.58. The van der Waals surface area contributed by atoms with Crippen LogP contribution < -0.4 is 5.32 Å². The molecule has 0 bridgehead atoms. The van der Waals surface area contributed by atoms with Crippen molar-refractivity contribution in [1.82, 2.24) is 5.32 Å². The molecule has 16 heavy (non-hydrogen) atoms. The molecular weight excluding hydrogens is 214 g/mol. The van der Waals surface area contributed by atoms with Gasteiger partial charge in [0.25, 0.3) is 0 Å². The molecule has 0 unspecified atom stereocenters. The average molecular weight is 229 g/mol. The van der Waals surface area contributed by atoms with Crippen molar-refractivity contribution < 1.29 is 23.9 Å². The van der Waals surface area contributed by atoms with Crippen molar-refractivity contribution in [2.45, 2.75) is 20.8 Å². The Hall–Kier alpha value is -1.85. The second-order valence-corrected chi connectivity index (χ2v) is 2.71. The number of carbonyl (C=O) groups is 3. The van der Waals surface area contributed by atoms with Gasteiger partial charge in [0.15, 0.2) is 0 Å². The molecule has 0 aromatic heterocycles. The largest absolute Gasteiger partial charge is 0.463 e. The summed E-state index contributed by atoms with van der Waals surface area (Å²) in [7, 11) is 0. The fourth-order valence-electron chi connectivity index (χ4n) is 0.846. The van der Waals surface area contributed by atoms with E-state index in [-0.39, 0.29) is 18.9 Å². The van der Waals surface area contributed by atoms with Crippen LogP contribution in [0.5, 0.6) is 0 Å². The van der Waals surface area contributed by atoms with E-state index in [4.69, 9.17) is 0 Å². The summed E-state index contributed by atoms with van der Waals surface area (Å²) in [5.74, 6) is -1.95. The van der Waals surface area contributed by atoms with E-state index < -0.39 is 17.8 Å². The molecule has 1 amide bonds. The summed E-state index contributed by atoms with van der Waals surface area (Å²) in [6.45, 7) is 4.81. The van der Waals surface area contributed by atoms with Gasteiger partial charge in [-0.2, -0.15) is 0 Å². The summed E-state index contributed by atoms with van der Waals surface area (Å²) in [6.07, 6.45) is 0.892. The Morgan fingerprint density at radius 3 is 2.12 bits per heavy atom. The molecular formula is C10H15NO5. The Labute approximate surface area is 93.6 Å². The summed E-state index contributed by atoms with van der Waals surface area (Å²) in [5, 5.41) is 2.20. The first-order valence-electron chi connectivity index (χ1n) is 4.84. The Bertz CT molecular complexity index is 308. The molecule has 90 valence electrons. The fraction of sp³-hybridized carbons (Fsp3) is 0.500. The van der Waals surface area contributed by atoms with E-state index in [1.165, 1.54) is 6.92 Å². The maximum atomic E-state index is 11.3. The van der Waals surface area contributed by atoms with Crippen LogP contribution in [0.4, 0.5) is 0 Å². The summed E-state index contributed by atoms with van der Waals surface area (Å²) < 4.78 is 9.26. The van der Waals surface area contributed by atoms with E-state index in [1.54, 1.807) is 13.8 Å². The molecule has 0 aliphatic heterocycles. The molecule has 1 N–H and O–H groups in total. The zero-order valence-corrected chi connectivity index (χ0v) is 9.53. The van der Waals surface area contributed by atoms with Crippen LogP contribution in [0.1, 0.15) is 20.8 Å². The predicted molar refractivity (Wildman–Crippen MR) is 55.2 cm³/mol. The number of hydrogen-bond acceptors (Lipinski definition) is 5. The highest BCUT2D eigenvalue weighted by molar-refractivity contribution is 5.99. The fourth-order valence-corrected chi connectivity index (χ4v) is 0.846. The number of amides is 1. The van der Waals surface area contributed by atoms with Crippen LogP contribution >= 0.6 is 0 Å². The molecule has 0 atom stereocenters. The molecule has 0 radical (unpaired) electrons. The quantitative estimate of drug-likeness (QED) is 0.535. The molecule has 0 fully saturated rings. The van der Waals surface area contributed by atoms with Crippen molar-refractivity contribution >= 4 is 17.8 Å². The molecule has 6 heteroatoms. The third kappa shape index (κ3) is 5.79. The smallest absolute Gasteiger partial charge is 0.355 e. The lowest BCUT2D eigenvalue weighted by atomic mass is 10.4. The summed E-state index contributed by atoms with van der Waals surface area (Å²) in [6, 6.07) is 0. The molecule has 6 nitrogen and oxygen atoms in total. The van der Waals surface area contributed by atoms with Crippen LogP contribution in [0.25, 0.3) is 0 Å². The number of carbonyl (C=O) groups excluding carboxylic acids is 3. The molecule has 0 saturated carbocycles. The first-order valence-corrected chi connectivity index (χ1v) is 4.84. The van der Waals surface area contributed by atoms with E-state index in [1.807, 2.05) is 0 Å². The van der Waals surface area contributed by atoms with Gasteiger partial charge in [-0.25, -0.2) is 9.59 Å². The van der Waals surface area contributed by atoms with E-state index in [0.717, 1.165) is 6.08 Å². The second-order valence-electron chi connectivity index (χ2n) is 2.71. The van der Waals surface area contributed by atoms with Gasteiger partial charge in [0.2, 0.25) is 5.91 Å². The summed E-state index contributed by atoms with van der Waals surface area (Å²) in [5.41, 5.74) is -0.229. The molecule has 0 spiro atoms. The minimum atomic E-state index is -0.772. The molecule has 0 aliphatic rings. The highest BCUT2D eigenvalue weighted by Gasteiger charge is 2.14. The van der Waals surface area contributed by atoms with Crippen LogP contribution in [0.3, 0.4) is 0 Å². The third-order valence-corrected chi connectivity index (χ3v) is 1.35.